The molecule has 3 rings (SSSR count). The quantitative estimate of drug-likeness (QED) is 0.890. The molecule has 6 heteroatoms. The first-order valence-corrected chi connectivity index (χ1v) is 8.16. The van der Waals surface area contributed by atoms with Gasteiger partial charge in [-0.05, 0) is 29.8 Å². The van der Waals surface area contributed by atoms with Crippen LogP contribution in [0.4, 0.5) is 0 Å². The molecule has 0 radical (unpaired) electrons. The maximum atomic E-state index is 12.6. The van der Waals surface area contributed by atoms with Gasteiger partial charge in [-0.2, -0.15) is 0 Å². The first kappa shape index (κ1) is 13.6. The van der Waals surface area contributed by atoms with Gasteiger partial charge in [0.1, 0.15) is 5.75 Å². The van der Waals surface area contributed by atoms with Crippen molar-refractivity contribution in [3.05, 3.63) is 28.7 Å². The number of ether oxygens (including phenoxy) is 1. The molecule has 1 fully saturated rings. The van der Waals surface area contributed by atoms with E-state index in [0.717, 1.165) is 31.7 Å². The second-order valence-electron chi connectivity index (χ2n) is 5.04. The number of hydrogen-bond donors (Lipinski definition) is 1. The van der Waals surface area contributed by atoms with Crippen LogP contribution in [0.5, 0.6) is 5.75 Å². The van der Waals surface area contributed by atoms with Crippen LogP contribution in [0.2, 0.25) is 0 Å². The molecular formula is C14H18N2O3S. The minimum atomic E-state index is -3.36. The molecule has 2 heterocycles. The van der Waals surface area contributed by atoms with Gasteiger partial charge in [0.25, 0.3) is 0 Å². The molecule has 20 heavy (non-hydrogen) atoms. The van der Waals surface area contributed by atoms with Gasteiger partial charge in [-0.25, -0.2) is 8.42 Å². The van der Waals surface area contributed by atoms with Gasteiger partial charge in [-0.15, -0.1) is 0 Å². The summed E-state index contributed by atoms with van der Waals surface area (Å²) in [4.78, 5) is 3.02. The van der Waals surface area contributed by atoms with Crippen LogP contribution in [0, 0.1) is 0 Å². The molecule has 0 aromatic heterocycles. The number of methoxy groups -OCH3 is 1. The third-order valence-corrected chi connectivity index (χ3v) is 5.63. The number of rotatable bonds is 3. The van der Waals surface area contributed by atoms with E-state index in [1.54, 1.807) is 31.4 Å². The molecule has 1 N–H and O–H groups in total. The van der Waals surface area contributed by atoms with Gasteiger partial charge in [-0.3, -0.25) is 4.90 Å². The fraction of sp³-hybridized carbons (Fsp3) is 0.429. The van der Waals surface area contributed by atoms with Crippen LogP contribution in [0.1, 0.15) is 5.56 Å². The zero-order valence-corrected chi connectivity index (χ0v) is 12.2. The van der Waals surface area contributed by atoms with E-state index < -0.39 is 9.84 Å². The summed E-state index contributed by atoms with van der Waals surface area (Å²) in [6, 6.07) is 5.20. The Morgan fingerprint density at radius 3 is 2.75 bits per heavy atom. The molecule has 0 aliphatic carbocycles. The number of nitrogens with zero attached hydrogens (tertiary/aromatic N) is 1. The molecule has 0 bridgehead atoms. The fourth-order valence-electron chi connectivity index (χ4n) is 2.61. The second-order valence-corrected chi connectivity index (χ2v) is 7.02. The summed E-state index contributed by atoms with van der Waals surface area (Å²) >= 11 is 0. The highest BCUT2D eigenvalue weighted by atomic mass is 32.2. The lowest BCUT2D eigenvalue weighted by atomic mass is 10.2. The van der Waals surface area contributed by atoms with Crippen LogP contribution in [0.3, 0.4) is 0 Å². The molecule has 0 unspecified atom stereocenters. The third kappa shape index (κ3) is 2.34. The Kier molecular flexibility index (Phi) is 3.54. The van der Waals surface area contributed by atoms with Gasteiger partial charge in [0, 0.05) is 32.7 Å². The van der Waals surface area contributed by atoms with Crippen LogP contribution in [0.15, 0.2) is 28.0 Å². The normalized spacial score (nSPS) is 21.4. The fourth-order valence-corrected chi connectivity index (χ4v) is 4.23. The van der Waals surface area contributed by atoms with Crippen molar-refractivity contribution in [2.24, 2.45) is 0 Å². The van der Waals surface area contributed by atoms with E-state index in [0.29, 0.717) is 22.1 Å². The topological polar surface area (TPSA) is 58.6 Å². The van der Waals surface area contributed by atoms with Crippen molar-refractivity contribution in [2.45, 2.75) is 4.90 Å². The molecule has 0 amide bonds. The van der Waals surface area contributed by atoms with Crippen LogP contribution in [-0.2, 0) is 9.84 Å². The van der Waals surface area contributed by atoms with E-state index in [-0.39, 0.29) is 0 Å². The molecule has 0 saturated carbocycles. The molecule has 2 aliphatic rings. The summed E-state index contributed by atoms with van der Waals surface area (Å²) in [7, 11) is -1.82. The van der Waals surface area contributed by atoms with E-state index in [9.17, 15) is 8.42 Å². The van der Waals surface area contributed by atoms with Crippen LogP contribution >= 0.6 is 0 Å². The largest absolute Gasteiger partial charge is 0.497 e. The maximum absolute atomic E-state index is 12.6. The zero-order chi connectivity index (χ0) is 14.2. The number of sulfone groups is 1. The second kappa shape index (κ2) is 5.20. The van der Waals surface area contributed by atoms with Crippen LogP contribution < -0.4 is 10.1 Å². The first-order chi connectivity index (χ1) is 9.61. The van der Waals surface area contributed by atoms with Crippen molar-refractivity contribution in [3.8, 4) is 5.75 Å². The molecule has 0 spiro atoms. The van der Waals surface area contributed by atoms with Gasteiger partial charge in [0.15, 0.2) is 0 Å². The van der Waals surface area contributed by atoms with Gasteiger partial charge in [0.05, 0.1) is 16.9 Å². The van der Waals surface area contributed by atoms with Crippen molar-refractivity contribution in [2.75, 3.05) is 39.8 Å². The SMILES string of the molecule is COc1ccc2c(c1)S(=O)(=O)C(CN1CCNCC1)=C2. The predicted molar refractivity (Wildman–Crippen MR) is 77.5 cm³/mol. The van der Waals surface area contributed by atoms with Gasteiger partial charge in [0.2, 0.25) is 9.84 Å². The summed E-state index contributed by atoms with van der Waals surface area (Å²) in [5.41, 5.74) is 0.760. The average molecular weight is 294 g/mol. The van der Waals surface area contributed by atoms with Crippen LogP contribution in [-0.4, -0.2) is 53.2 Å². The summed E-state index contributed by atoms with van der Waals surface area (Å²) in [6.45, 7) is 4.07. The smallest absolute Gasteiger partial charge is 0.204 e. The number of nitrogens with one attached hydrogen (secondary N) is 1. The van der Waals surface area contributed by atoms with E-state index in [1.807, 2.05) is 0 Å². The Morgan fingerprint density at radius 2 is 2.05 bits per heavy atom. The Hall–Kier alpha value is -1.37. The lowest BCUT2D eigenvalue weighted by Gasteiger charge is -2.27. The van der Waals surface area contributed by atoms with Crippen LogP contribution in [0.25, 0.3) is 6.08 Å². The summed E-state index contributed by atoms with van der Waals surface area (Å²) < 4.78 is 30.2. The highest BCUT2D eigenvalue weighted by Crippen LogP contribution is 2.35. The highest BCUT2D eigenvalue weighted by molar-refractivity contribution is 7.95. The summed E-state index contributed by atoms with van der Waals surface area (Å²) in [5.74, 6) is 0.573. The number of benzene rings is 1. The zero-order valence-electron chi connectivity index (χ0n) is 11.4. The molecule has 1 aromatic carbocycles. The van der Waals surface area contributed by atoms with Gasteiger partial charge >= 0.3 is 0 Å². The lowest BCUT2D eigenvalue weighted by molar-refractivity contribution is 0.263. The van der Waals surface area contributed by atoms with Gasteiger partial charge in [-0.1, -0.05) is 0 Å². The Bertz CT molecular complexity index is 646. The molecule has 108 valence electrons. The van der Waals surface area contributed by atoms with Gasteiger partial charge < -0.3 is 10.1 Å². The molecule has 1 aromatic rings. The Morgan fingerprint density at radius 1 is 1.30 bits per heavy atom. The van der Waals surface area contributed by atoms with Crippen molar-refractivity contribution in [1.29, 1.82) is 0 Å². The summed E-state index contributed by atoms with van der Waals surface area (Å²) in [5, 5.41) is 3.27. The predicted octanol–water partition coefficient (Wildman–Crippen LogP) is 0.729. The molecule has 5 nitrogen and oxygen atoms in total. The average Bonchev–Trinajstić information content (AvgIpc) is 2.71. The number of fused-ring (bicyclic) bond motifs is 1. The third-order valence-electron chi connectivity index (χ3n) is 3.76. The molecule has 1 saturated heterocycles. The highest BCUT2D eigenvalue weighted by Gasteiger charge is 2.31. The minimum Gasteiger partial charge on any atom is -0.497 e. The van der Waals surface area contributed by atoms with E-state index >= 15 is 0 Å². The maximum Gasteiger partial charge on any atom is 0.204 e. The standard InChI is InChI=1S/C14H18N2O3S/c1-19-12-3-2-11-8-13(20(17,18)14(11)9-12)10-16-6-4-15-5-7-16/h2-3,8-9,15H,4-7,10H2,1H3. The van der Waals surface area contributed by atoms with Crippen molar-refractivity contribution in [1.82, 2.24) is 10.2 Å². The summed E-state index contributed by atoms with van der Waals surface area (Å²) in [6.07, 6.45) is 1.78. The van der Waals surface area contributed by atoms with E-state index in [4.69, 9.17) is 4.74 Å². The van der Waals surface area contributed by atoms with Crippen molar-refractivity contribution in [3.63, 3.8) is 0 Å². The Labute approximate surface area is 119 Å². The number of hydrogen-bond acceptors (Lipinski definition) is 5. The van der Waals surface area contributed by atoms with Crippen molar-refractivity contribution >= 4 is 15.9 Å². The van der Waals surface area contributed by atoms with Crippen molar-refractivity contribution < 1.29 is 13.2 Å². The number of piperazine rings is 1. The first-order valence-electron chi connectivity index (χ1n) is 6.68. The van der Waals surface area contributed by atoms with E-state index in [2.05, 4.69) is 10.2 Å². The Balaban J connectivity index is 1.87. The minimum absolute atomic E-state index is 0.363. The molecular weight excluding hydrogens is 276 g/mol. The molecule has 2 aliphatic heterocycles. The lowest BCUT2D eigenvalue weighted by Crippen LogP contribution is -2.44. The van der Waals surface area contributed by atoms with E-state index in [1.165, 1.54) is 0 Å². The monoisotopic (exact) mass is 294 g/mol. The molecule has 0 atom stereocenters.